The van der Waals surface area contributed by atoms with Crippen LogP contribution in [0.5, 0.6) is 0 Å². The molecule has 0 unspecified atom stereocenters. The van der Waals surface area contributed by atoms with Gasteiger partial charge in [-0.25, -0.2) is 0 Å². The third-order valence-corrected chi connectivity index (χ3v) is 2.78. The topological polar surface area (TPSA) is 58.2 Å². The minimum Gasteiger partial charge on any atom is -0.348 e. The lowest BCUT2D eigenvalue weighted by molar-refractivity contribution is -0.114. The Balaban J connectivity index is 2.07. The molecule has 2 amide bonds. The van der Waals surface area contributed by atoms with Gasteiger partial charge in [0.1, 0.15) is 0 Å². The van der Waals surface area contributed by atoms with E-state index in [1.807, 2.05) is 30.3 Å². The first-order valence-corrected chi connectivity index (χ1v) is 6.35. The molecule has 20 heavy (non-hydrogen) atoms. The fourth-order valence-electron chi connectivity index (χ4n) is 1.85. The quantitative estimate of drug-likeness (QED) is 0.895. The first kappa shape index (κ1) is 13.8. The predicted octanol–water partition coefficient (Wildman–Crippen LogP) is 2.58. The smallest absolute Gasteiger partial charge is 0.253 e. The maximum Gasteiger partial charge on any atom is 0.253 e. The molecule has 2 rings (SSSR count). The Morgan fingerprint density at radius 2 is 1.60 bits per heavy atom. The Morgan fingerprint density at radius 1 is 0.950 bits per heavy atom. The second kappa shape index (κ2) is 6.52. The highest BCUT2D eigenvalue weighted by Crippen LogP contribution is 2.15. The molecule has 0 heterocycles. The Hall–Kier alpha value is -2.62. The molecule has 0 aliphatic carbocycles. The van der Waals surface area contributed by atoms with Crippen LogP contribution in [-0.4, -0.2) is 11.8 Å². The van der Waals surface area contributed by atoms with Crippen molar-refractivity contribution in [1.82, 2.24) is 5.32 Å². The lowest BCUT2D eigenvalue weighted by atomic mass is 10.1. The second-order valence-electron chi connectivity index (χ2n) is 4.40. The van der Waals surface area contributed by atoms with Gasteiger partial charge < -0.3 is 10.6 Å². The summed E-state index contributed by atoms with van der Waals surface area (Å²) in [6.45, 7) is 1.87. The van der Waals surface area contributed by atoms with Gasteiger partial charge in [-0.05, 0) is 17.7 Å². The summed E-state index contributed by atoms with van der Waals surface area (Å²) in [5, 5.41) is 5.49. The van der Waals surface area contributed by atoms with Crippen LogP contribution in [0.25, 0.3) is 0 Å². The van der Waals surface area contributed by atoms with Gasteiger partial charge in [-0.3, -0.25) is 9.59 Å². The van der Waals surface area contributed by atoms with Gasteiger partial charge in [0.25, 0.3) is 5.91 Å². The van der Waals surface area contributed by atoms with E-state index in [9.17, 15) is 9.59 Å². The average Bonchev–Trinajstić information content (AvgIpc) is 2.46. The van der Waals surface area contributed by atoms with Crippen LogP contribution in [-0.2, 0) is 11.3 Å². The van der Waals surface area contributed by atoms with Crippen molar-refractivity contribution < 1.29 is 9.59 Å². The third kappa shape index (κ3) is 3.68. The lowest BCUT2D eigenvalue weighted by Gasteiger charge is -2.10. The van der Waals surface area contributed by atoms with E-state index in [-0.39, 0.29) is 11.8 Å². The van der Waals surface area contributed by atoms with Gasteiger partial charge in [-0.2, -0.15) is 0 Å². The summed E-state index contributed by atoms with van der Waals surface area (Å²) in [5.74, 6) is -0.411. The van der Waals surface area contributed by atoms with Crippen molar-refractivity contribution in [3.05, 3.63) is 65.7 Å². The molecule has 0 bridgehead atoms. The molecule has 2 N–H and O–H groups in total. The summed E-state index contributed by atoms with van der Waals surface area (Å²) in [6, 6.07) is 16.6. The minimum atomic E-state index is -0.210. The summed E-state index contributed by atoms with van der Waals surface area (Å²) in [4.78, 5) is 23.3. The van der Waals surface area contributed by atoms with Crippen LogP contribution in [0.15, 0.2) is 54.6 Å². The van der Waals surface area contributed by atoms with E-state index in [1.165, 1.54) is 6.92 Å². The van der Waals surface area contributed by atoms with Crippen LogP contribution in [0, 0.1) is 0 Å². The van der Waals surface area contributed by atoms with Crippen LogP contribution >= 0.6 is 0 Å². The molecule has 2 aromatic carbocycles. The van der Waals surface area contributed by atoms with Crippen molar-refractivity contribution >= 4 is 17.5 Å². The van der Waals surface area contributed by atoms with Crippen molar-refractivity contribution in [2.24, 2.45) is 0 Å². The average molecular weight is 268 g/mol. The molecule has 102 valence electrons. The largest absolute Gasteiger partial charge is 0.348 e. The number of rotatable bonds is 4. The fourth-order valence-corrected chi connectivity index (χ4v) is 1.85. The SMILES string of the molecule is CC(=O)Nc1ccccc1C(=O)NCc1ccccc1. The summed E-state index contributed by atoms with van der Waals surface area (Å²) in [7, 11) is 0. The highest BCUT2D eigenvalue weighted by Gasteiger charge is 2.11. The Kier molecular flexibility index (Phi) is 4.50. The Morgan fingerprint density at radius 3 is 2.30 bits per heavy atom. The number of benzene rings is 2. The van der Waals surface area contributed by atoms with Crippen molar-refractivity contribution in [1.29, 1.82) is 0 Å². The van der Waals surface area contributed by atoms with Gasteiger partial charge >= 0.3 is 0 Å². The van der Waals surface area contributed by atoms with E-state index in [2.05, 4.69) is 10.6 Å². The maximum atomic E-state index is 12.2. The van der Waals surface area contributed by atoms with Crippen LogP contribution in [0.4, 0.5) is 5.69 Å². The Bertz CT molecular complexity index is 609. The molecule has 4 nitrogen and oxygen atoms in total. The lowest BCUT2D eigenvalue weighted by Crippen LogP contribution is -2.24. The molecule has 2 aromatic rings. The van der Waals surface area contributed by atoms with Crippen molar-refractivity contribution in [3.63, 3.8) is 0 Å². The van der Waals surface area contributed by atoms with E-state index in [1.54, 1.807) is 24.3 Å². The second-order valence-corrected chi connectivity index (χ2v) is 4.40. The molecule has 0 aromatic heterocycles. The van der Waals surface area contributed by atoms with E-state index in [4.69, 9.17) is 0 Å². The zero-order valence-electron chi connectivity index (χ0n) is 11.2. The van der Waals surface area contributed by atoms with Crippen molar-refractivity contribution in [3.8, 4) is 0 Å². The van der Waals surface area contributed by atoms with Crippen LogP contribution in [0.3, 0.4) is 0 Å². The highest BCUT2D eigenvalue weighted by molar-refractivity contribution is 6.03. The molecule has 0 atom stereocenters. The van der Waals surface area contributed by atoms with E-state index in [0.717, 1.165) is 5.56 Å². The highest BCUT2D eigenvalue weighted by atomic mass is 16.2. The monoisotopic (exact) mass is 268 g/mol. The molecule has 0 fully saturated rings. The minimum absolute atomic E-state index is 0.201. The van der Waals surface area contributed by atoms with Crippen molar-refractivity contribution in [2.45, 2.75) is 13.5 Å². The van der Waals surface area contributed by atoms with E-state index in [0.29, 0.717) is 17.8 Å². The number of amides is 2. The fraction of sp³-hybridized carbons (Fsp3) is 0.125. The standard InChI is InChI=1S/C16H16N2O2/c1-12(19)18-15-10-6-5-9-14(15)16(20)17-11-13-7-3-2-4-8-13/h2-10H,11H2,1H3,(H,17,20)(H,18,19). The van der Waals surface area contributed by atoms with Crippen LogP contribution in [0.1, 0.15) is 22.8 Å². The summed E-state index contributed by atoms with van der Waals surface area (Å²) in [5.41, 5.74) is 2.00. The van der Waals surface area contributed by atoms with Crippen LogP contribution in [0.2, 0.25) is 0 Å². The number of carbonyl (C=O) groups is 2. The van der Waals surface area contributed by atoms with Gasteiger partial charge in [-0.1, -0.05) is 42.5 Å². The molecule has 0 aliphatic rings. The first-order chi connectivity index (χ1) is 9.66. The normalized spacial score (nSPS) is 9.85. The van der Waals surface area contributed by atoms with Gasteiger partial charge in [0.05, 0.1) is 11.3 Å². The number of hydrogen-bond acceptors (Lipinski definition) is 2. The van der Waals surface area contributed by atoms with Gasteiger partial charge in [0, 0.05) is 13.5 Å². The van der Waals surface area contributed by atoms with Gasteiger partial charge in [-0.15, -0.1) is 0 Å². The molecule has 0 saturated carbocycles. The van der Waals surface area contributed by atoms with Gasteiger partial charge in [0.15, 0.2) is 0 Å². The molecule has 0 saturated heterocycles. The third-order valence-electron chi connectivity index (χ3n) is 2.78. The van der Waals surface area contributed by atoms with E-state index < -0.39 is 0 Å². The maximum absolute atomic E-state index is 12.2. The molecular weight excluding hydrogens is 252 g/mol. The predicted molar refractivity (Wildman–Crippen MR) is 78.4 cm³/mol. The summed E-state index contributed by atoms with van der Waals surface area (Å²) >= 11 is 0. The first-order valence-electron chi connectivity index (χ1n) is 6.35. The van der Waals surface area contributed by atoms with Crippen LogP contribution < -0.4 is 10.6 Å². The van der Waals surface area contributed by atoms with Crippen molar-refractivity contribution in [2.75, 3.05) is 5.32 Å². The molecule has 4 heteroatoms. The number of hydrogen-bond donors (Lipinski definition) is 2. The van der Waals surface area contributed by atoms with E-state index >= 15 is 0 Å². The zero-order chi connectivity index (χ0) is 14.4. The summed E-state index contributed by atoms with van der Waals surface area (Å²) < 4.78 is 0. The number of anilines is 1. The molecule has 0 aliphatic heterocycles. The molecular formula is C16H16N2O2. The van der Waals surface area contributed by atoms with Gasteiger partial charge in [0.2, 0.25) is 5.91 Å². The Labute approximate surface area is 117 Å². The number of para-hydroxylation sites is 1. The molecule has 0 radical (unpaired) electrons. The molecule has 0 spiro atoms. The number of nitrogens with one attached hydrogen (secondary N) is 2. The summed E-state index contributed by atoms with van der Waals surface area (Å²) in [6.07, 6.45) is 0. The zero-order valence-corrected chi connectivity index (χ0v) is 11.2. The number of carbonyl (C=O) groups excluding carboxylic acids is 2.